The van der Waals surface area contributed by atoms with Crippen LogP contribution < -0.4 is 10.9 Å². The Morgan fingerprint density at radius 1 is 1.38 bits per heavy atom. The SMILES string of the molecule is C[C@H](NCc1nc2sc3c(c2c(=O)[nH]1)CCC3)C(C)(C)C. The van der Waals surface area contributed by atoms with Crippen LogP contribution in [-0.2, 0) is 19.4 Å². The molecule has 0 unspecified atom stereocenters. The van der Waals surface area contributed by atoms with Crippen LogP contribution in [0.25, 0.3) is 10.2 Å². The summed E-state index contributed by atoms with van der Waals surface area (Å²) in [4.78, 5) is 22.2. The first-order valence-electron chi connectivity index (χ1n) is 7.63. The predicted octanol–water partition coefficient (Wildman–Crippen LogP) is 3.00. The monoisotopic (exact) mass is 305 g/mol. The van der Waals surface area contributed by atoms with E-state index in [1.165, 1.54) is 16.9 Å². The molecule has 0 radical (unpaired) electrons. The predicted molar refractivity (Wildman–Crippen MR) is 88.0 cm³/mol. The Bertz CT molecular complexity index is 723. The highest BCUT2D eigenvalue weighted by Gasteiger charge is 2.22. The number of aromatic nitrogens is 2. The van der Waals surface area contributed by atoms with Gasteiger partial charge in [0, 0.05) is 10.9 Å². The summed E-state index contributed by atoms with van der Waals surface area (Å²) in [6, 6.07) is 0.354. The van der Waals surface area contributed by atoms with Crippen molar-refractivity contribution in [3.05, 3.63) is 26.6 Å². The first-order valence-corrected chi connectivity index (χ1v) is 8.44. The zero-order valence-electron chi connectivity index (χ0n) is 13.2. The lowest BCUT2D eigenvalue weighted by Crippen LogP contribution is -2.37. The lowest BCUT2D eigenvalue weighted by molar-refractivity contribution is 0.283. The first kappa shape index (κ1) is 14.7. The largest absolute Gasteiger partial charge is 0.309 e. The van der Waals surface area contributed by atoms with E-state index in [1.54, 1.807) is 11.3 Å². The second-order valence-electron chi connectivity index (χ2n) is 7.02. The van der Waals surface area contributed by atoms with Gasteiger partial charge >= 0.3 is 0 Å². The van der Waals surface area contributed by atoms with Crippen LogP contribution in [0, 0.1) is 5.41 Å². The van der Waals surface area contributed by atoms with E-state index in [2.05, 4.69) is 43.0 Å². The molecule has 0 aromatic carbocycles. The molecule has 1 aliphatic carbocycles. The summed E-state index contributed by atoms with van der Waals surface area (Å²) in [6.07, 6.45) is 3.30. The molecule has 0 fully saturated rings. The number of hydrogen-bond donors (Lipinski definition) is 2. The molecule has 114 valence electrons. The Balaban J connectivity index is 1.87. The van der Waals surface area contributed by atoms with E-state index in [1.807, 2.05) is 0 Å². The number of nitrogens with zero attached hydrogens (tertiary/aromatic N) is 1. The first-order chi connectivity index (χ1) is 9.86. The molecule has 5 heteroatoms. The van der Waals surface area contributed by atoms with Crippen molar-refractivity contribution in [1.82, 2.24) is 15.3 Å². The zero-order chi connectivity index (χ0) is 15.2. The van der Waals surface area contributed by atoms with Crippen LogP contribution in [0.4, 0.5) is 0 Å². The van der Waals surface area contributed by atoms with Crippen molar-refractivity contribution < 1.29 is 0 Å². The lowest BCUT2D eigenvalue weighted by Gasteiger charge is -2.28. The minimum absolute atomic E-state index is 0.0274. The standard InChI is InChI=1S/C16H23N3OS/c1-9(16(2,3)4)17-8-12-18-14(20)13-10-6-5-7-11(10)21-15(13)19-12/h9,17H,5-8H2,1-4H3,(H,18,19,20)/t9-/m0/s1. The number of hydrogen-bond acceptors (Lipinski definition) is 4. The molecule has 0 saturated carbocycles. The van der Waals surface area contributed by atoms with Crippen LogP contribution in [0.3, 0.4) is 0 Å². The van der Waals surface area contributed by atoms with Gasteiger partial charge in [0.15, 0.2) is 0 Å². The number of aromatic amines is 1. The van der Waals surface area contributed by atoms with Crippen LogP contribution in [0.5, 0.6) is 0 Å². The molecule has 3 rings (SSSR count). The molecular formula is C16H23N3OS. The fraction of sp³-hybridized carbons (Fsp3) is 0.625. The third-order valence-electron chi connectivity index (χ3n) is 4.50. The molecule has 2 aromatic rings. The Kier molecular flexibility index (Phi) is 3.66. The zero-order valence-corrected chi connectivity index (χ0v) is 14.0. The van der Waals surface area contributed by atoms with E-state index in [9.17, 15) is 4.79 Å². The third-order valence-corrected chi connectivity index (χ3v) is 5.68. The molecule has 21 heavy (non-hydrogen) atoms. The molecule has 0 spiro atoms. The van der Waals surface area contributed by atoms with Crippen LogP contribution in [-0.4, -0.2) is 16.0 Å². The van der Waals surface area contributed by atoms with Gasteiger partial charge < -0.3 is 10.3 Å². The molecule has 0 saturated heterocycles. The van der Waals surface area contributed by atoms with Crippen molar-refractivity contribution in [3.63, 3.8) is 0 Å². The second kappa shape index (κ2) is 5.21. The molecule has 0 amide bonds. The average Bonchev–Trinajstić information content (AvgIpc) is 2.94. The number of thiophene rings is 1. The lowest BCUT2D eigenvalue weighted by atomic mass is 9.88. The molecule has 4 nitrogen and oxygen atoms in total. The highest BCUT2D eigenvalue weighted by atomic mass is 32.1. The molecule has 1 atom stereocenters. The minimum atomic E-state index is 0.0274. The van der Waals surface area contributed by atoms with E-state index < -0.39 is 0 Å². The Hall–Kier alpha value is -1.20. The van der Waals surface area contributed by atoms with E-state index in [0.29, 0.717) is 12.6 Å². The van der Waals surface area contributed by atoms with Crippen molar-refractivity contribution >= 4 is 21.6 Å². The molecule has 2 N–H and O–H groups in total. The van der Waals surface area contributed by atoms with Crippen LogP contribution in [0.15, 0.2) is 4.79 Å². The van der Waals surface area contributed by atoms with Gasteiger partial charge in [-0.1, -0.05) is 20.8 Å². The Morgan fingerprint density at radius 3 is 2.86 bits per heavy atom. The van der Waals surface area contributed by atoms with E-state index in [-0.39, 0.29) is 11.0 Å². The van der Waals surface area contributed by atoms with Crippen LogP contribution in [0.2, 0.25) is 0 Å². The number of H-pyrrole nitrogens is 1. The average molecular weight is 305 g/mol. The molecule has 2 heterocycles. The molecule has 0 aliphatic heterocycles. The second-order valence-corrected chi connectivity index (χ2v) is 8.10. The van der Waals surface area contributed by atoms with Crippen molar-refractivity contribution in [2.45, 2.75) is 59.5 Å². The van der Waals surface area contributed by atoms with Gasteiger partial charge in [-0.3, -0.25) is 4.79 Å². The molecule has 2 aromatic heterocycles. The maximum Gasteiger partial charge on any atom is 0.259 e. The summed E-state index contributed by atoms with van der Waals surface area (Å²) in [6.45, 7) is 9.37. The van der Waals surface area contributed by atoms with Crippen LogP contribution in [0.1, 0.15) is 50.4 Å². The van der Waals surface area contributed by atoms with Gasteiger partial charge in [0.2, 0.25) is 0 Å². The highest BCUT2D eigenvalue weighted by molar-refractivity contribution is 7.18. The van der Waals surface area contributed by atoms with E-state index in [4.69, 9.17) is 0 Å². The highest BCUT2D eigenvalue weighted by Crippen LogP contribution is 2.34. The summed E-state index contributed by atoms with van der Waals surface area (Å²) in [7, 11) is 0. The van der Waals surface area contributed by atoms with Crippen molar-refractivity contribution in [3.8, 4) is 0 Å². The fourth-order valence-electron chi connectivity index (χ4n) is 2.69. The van der Waals surface area contributed by atoms with E-state index in [0.717, 1.165) is 28.9 Å². The Morgan fingerprint density at radius 2 is 2.14 bits per heavy atom. The van der Waals surface area contributed by atoms with Gasteiger partial charge in [0.05, 0.1) is 11.9 Å². The normalized spacial score (nSPS) is 16.4. The van der Waals surface area contributed by atoms with Crippen molar-refractivity contribution in [2.75, 3.05) is 0 Å². The Labute approximate surface area is 129 Å². The van der Waals surface area contributed by atoms with Gasteiger partial charge in [0.1, 0.15) is 10.7 Å². The quantitative estimate of drug-likeness (QED) is 0.916. The number of aryl methyl sites for hydroxylation is 2. The van der Waals surface area contributed by atoms with Crippen molar-refractivity contribution in [1.29, 1.82) is 0 Å². The summed E-state index contributed by atoms with van der Waals surface area (Å²) in [5.41, 5.74) is 1.46. The van der Waals surface area contributed by atoms with Gasteiger partial charge in [-0.05, 0) is 37.2 Å². The van der Waals surface area contributed by atoms with Crippen molar-refractivity contribution in [2.24, 2.45) is 5.41 Å². The number of fused-ring (bicyclic) bond motifs is 3. The summed E-state index contributed by atoms with van der Waals surface area (Å²) < 4.78 is 0. The minimum Gasteiger partial charge on any atom is -0.309 e. The summed E-state index contributed by atoms with van der Waals surface area (Å²) in [5, 5.41) is 4.29. The summed E-state index contributed by atoms with van der Waals surface area (Å²) in [5.74, 6) is 0.739. The van der Waals surface area contributed by atoms with Gasteiger partial charge in [-0.2, -0.15) is 0 Å². The molecule has 1 aliphatic rings. The topological polar surface area (TPSA) is 57.8 Å². The van der Waals surface area contributed by atoms with Gasteiger partial charge in [-0.15, -0.1) is 11.3 Å². The van der Waals surface area contributed by atoms with Gasteiger partial charge in [0.25, 0.3) is 5.56 Å². The van der Waals surface area contributed by atoms with Gasteiger partial charge in [-0.25, -0.2) is 4.98 Å². The molecular weight excluding hydrogens is 282 g/mol. The molecule has 0 bridgehead atoms. The fourth-order valence-corrected chi connectivity index (χ4v) is 3.97. The maximum absolute atomic E-state index is 12.3. The third kappa shape index (κ3) is 2.77. The smallest absolute Gasteiger partial charge is 0.259 e. The maximum atomic E-state index is 12.3. The van der Waals surface area contributed by atoms with E-state index >= 15 is 0 Å². The number of nitrogens with one attached hydrogen (secondary N) is 2. The number of rotatable bonds is 3. The summed E-state index contributed by atoms with van der Waals surface area (Å²) >= 11 is 1.70. The van der Waals surface area contributed by atoms with Crippen LogP contribution >= 0.6 is 11.3 Å².